The van der Waals surface area contributed by atoms with Crippen LogP contribution in [0.2, 0.25) is 0 Å². The quantitative estimate of drug-likeness (QED) is 0.199. The van der Waals surface area contributed by atoms with Gasteiger partial charge < -0.3 is 10.6 Å². The van der Waals surface area contributed by atoms with Gasteiger partial charge >= 0.3 is 6.18 Å². The van der Waals surface area contributed by atoms with E-state index in [0.717, 1.165) is 49.1 Å². The van der Waals surface area contributed by atoms with Gasteiger partial charge in [-0.05, 0) is 60.6 Å². The monoisotopic (exact) mass is 508 g/mol. The maximum atomic E-state index is 13.4. The SMILES string of the molecule is Fc1ccc(C2(CNC(=S)Nc3nc(Sc4ncccn4)cc(C(F)(F)F)n3)CCCC2)cc1. The molecular weight excluding hydrogens is 488 g/mol. The van der Waals surface area contributed by atoms with E-state index in [-0.39, 0.29) is 32.5 Å². The first kappa shape index (κ1) is 24.3. The van der Waals surface area contributed by atoms with Gasteiger partial charge in [0.25, 0.3) is 0 Å². The standard InChI is InChI=1S/C22H20F4N6S2/c23-15-6-4-14(5-7-15)21(8-1-2-9-21)13-29-19(33)32-18-30-16(22(24,25)26)12-17(31-18)34-20-27-10-3-11-28-20/h3-7,10-12H,1-2,8-9,13H2,(H2,29,30,31,32,33). The van der Waals surface area contributed by atoms with Crippen LogP contribution in [0.5, 0.6) is 0 Å². The van der Waals surface area contributed by atoms with E-state index < -0.39 is 11.9 Å². The molecule has 178 valence electrons. The molecular formula is C22H20F4N6S2. The van der Waals surface area contributed by atoms with Crippen LogP contribution in [0, 0.1) is 5.82 Å². The highest BCUT2D eigenvalue weighted by Gasteiger charge is 2.36. The molecule has 12 heteroatoms. The number of rotatable bonds is 6. The average molecular weight is 509 g/mol. The summed E-state index contributed by atoms with van der Waals surface area (Å²) >= 11 is 6.21. The Morgan fingerprint density at radius 1 is 1.06 bits per heavy atom. The Bertz CT molecular complexity index is 1140. The molecule has 1 saturated carbocycles. The van der Waals surface area contributed by atoms with Gasteiger partial charge in [-0.25, -0.2) is 24.3 Å². The van der Waals surface area contributed by atoms with Crippen molar-refractivity contribution < 1.29 is 17.6 Å². The van der Waals surface area contributed by atoms with E-state index in [1.165, 1.54) is 24.5 Å². The molecule has 0 unspecified atom stereocenters. The molecule has 0 radical (unpaired) electrons. The van der Waals surface area contributed by atoms with Gasteiger partial charge in [0.2, 0.25) is 5.95 Å². The smallest absolute Gasteiger partial charge is 0.361 e. The van der Waals surface area contributed by atoms with Crippen LogP contribution < -0.4 is 10.6 Å². The van der Waals surface area contributed by atoms with Crippen molar-refractivity contribution >= 4 is 35.0 Å². The second-order valence-electron chi connectivity index (χ2n) is 7.85. The van der Waals surface area contributed by atoms with E-state index >= 15 is 0 Å². The number of nitrogens with one attached hydrogen (secondary N) is 2. The van der Waals surface area contributed by atoms with Crippen LogP contribution in [0.1, 0.15) is 36.9 Å². The van der Waals surface area contributed by atoms with Gasteiger partial charge in [0.1, 0.15) is 10.8 Å². The zero-order valence-corrected chi connectivity index (χ0v) is 19.4. The van der Waals surface area contributed by atoms with Gasteiger partial charge in [0, 0.05) is 30.4 Å². The molecule has 1 aromatic carbocycles. The summed E-state index contributed by atoms with van der Waals surface area (Å²) in [5.74, 6) is -0.591. The molecule has 0 aliphatic heterocycles. The fourth-order valence-electron chi connectivity index (χ4n) is 3.93. The first-order chi connectivity index (χ1) is 16.2. The molecule has 2 N–H and O–H groups in total. The molecule has 34 heavy (non-hydrogen) atoms. The van der Waals surface area contributed by atoms with Crippen molar-refractivity contribution in [3.05, 3.63) is 65.9 Å². The highest BCUT2D eigenvalue weighted by Crippen LogP contribution is 2.40. The normalized spacial score (nSPS) is 15.2. The molecule has 1 aliphatic carbocycles. The molecule has 0 saturated heterocycles. The fraction of sp³-hybridized carbons (Fsp3) is 0.318. The van der Waals surface area contributed by atoms with Crippen LogP contribution in [0.4, 0.5) is 23.5 Å². The average Bonchev–Trinajstić information content (AvgIpc) is 3.28. The minimum Gasteiger partial charge on any atom is -0.361 e. The van der Waals surface area contributed by atoms with Crippen LogP contribution in [-0.2, 0) is 11.6 Å². The van der Waals surface area contributed by atoms with E-state index in [9.17, 15) is 17.6 Å². The lowest BCUT2D eigenvalue weighted by Gasteiger charge is -2.30. The third kappa shape index (κ3) is 5.98. The lowest BCUT2D eigenvalue weighted by molar-refractivity contribution is -0.141. The molecule has 0 amide bonds. The minimum absolute atomic E-state index is 0.0254. The van der Waals surface area contributed by atoms with Gasteiger partial charge in [0.15, 0.2) is 16.0 Å². The lowest BCUT2D eigenvalue weighted by atomic mass is 9.79. The van der Waals surface area contributed by atoms with Gasteiger partial charge in [-0.2, -0.15) is 13.2 Å². The molecule has 2 aromatic heterocycles. The Morgan fingerprint density at radius 3 is 2.38 bits per heavy atom. The summed E-state index contributed by atoms with van der Waals surface area (Å²) in [5.41, 5.74) is -0.344. The molecule has 3 aromatic rings. The summed E-state index contributed by atoms with van der Waals surface area (Å²) in [6, 6.07) is 8.83. The first-order valence-electron chi connectivity index (χ1n) is 10.5. The van der Waals surface area contributed by atoms with E-state index in [0.29, 0.717) is 6.54 Å². The number of thiocarbonyl (C=S) groups is 1. The van der Waals surface area contributed by atoms with Crippen LogP contribution >= 0.6 is 24.0 Å². The number of benzene rings is 1. The van der Waals surface area contributed by atoms with Crippen molar-refractivity contribution in [1.82, 2.24) is 25.3 Å². The summed E-state index contributed by atoms with van der Waals surface area (Å²) in [6.07, 6.45) is 2.14. The Labute approximate surface area is 203 Å². The summed E-state index contributed by atoms with van der Waals surface area (Å²) < 4.78 is 53.6. The third-order valence-corrected chi connectivity index (χ3v) is 6.62. The highest BCUT2D eigenvalue weighted by molar-refractivity contribution is 7.99. The number of hydrogen-bond donors (Lipinski definition) is 2. The lowest BCUT2D eigenvalue weighted by Crippen LogP contribution is -2.41. The zero-order chi connectivity index (χ0) is 24.2. The number of anilines is 1. The Balaban J connectivity index is 1.49. The molecule has 0 atom stereocenters. The maximum Gasteiger partial charge on any atom is 0.433 e. The molecule has 0 spiro atoms. The molecule has 0 bridgehead atoms. The molecule has 4 rings (SSSR count). The summed E-state index contributed by atoms with van der Waals surface area (Å²) in [6.45, 7) is 0.447. The Kier molecular flexibility index (Phi) is 7.27. The van der Waals surface area contributed by atoms with Crippen LogP contribution in [-0.4, -0.2) is 31.6 Å². The van der Waals surface area contributed by atoms with Gasteiger partial charge in [0.05, 0.1) is 0 Å². The van der Waals surface area contributed by atoms with Crippen molar-refractivity contribution in [3.63, 3.8) is 0 Å². The van der Waals surface area contributed by atoms with Crippen LogP contribution in [0.25, 0.3) is 0 Å². The number of hydrogen-bond acceptors (Lipinski definition) is 6. The van der Waals surface area contributed by atoms with Gasteiger partial charge in [-0.1, -0.05) is 25.0 Å². The van der Waals surface area contributed by atoms with Crippen molar-refractivity contribution in [1.29, 1.82) is 0 Å². The van der Waals surface area contributed by atoms with E-state index in [1.807, 2.05) is 0 Å². The number of alkyl halides is 3. The molecule has 2 heterocycles. The number of halogens is 4. The Morgan fingerprint density at radius 2 is 1.74 bits per heavy atom. The topological polar surface area (TPSA) is 75.6 Å². The van der Waals surface area contributed by atoms with E-state index in [2.05, 4.69) is 30.6 Å². The predicted molar refractivity (Wildman–Crippen MR) is 124 cm³/mol. The maximum absolute atomic E-state index is 13.4. The second-order valence-corrected chi connectivity index (χ2v) is 9.24. The van der Waals surface area contributed by atoms with Gasteiger partial charge in [-0.15, -0.1) is 0 Å². The van der Waals surface area contributed by atoms with Gasteiger partial charge in [-0.3, -0.25) is 0 Å². The first-order valence-corrected chi connectivity index (χ1v) is 11.7. The second kappa shape index (κ2) is 10.2. The summed E-state index contributed by atoms with van der Waals surface area (Å²) in [5, 5.41) is 6.13. The summed E-state index contributed by atoms with van der Waals surface area (Å²) in [7, 11) is 0. The van der Waals surface area contributed by atoms with Crippen LogP contribution in [0.15, 0.2) is 59.0 Å². The molecule has 1 aliphatic rings. The van der Waals surface area contributed by atoms with Crippen molar-refractivity contribution in [2.24, 2.45) is 0 Å². The zero-order valence-electron chi connectivity index (χ0n) is 17.8. The van der Waals surface area contributed by atoms with Crippen molar-refractivity contribution in [2.45, 2.75) is 47.5 Å². The number of nitrogens with zero attached hydrogens (tertiary/aromatic N) is 4. The largest absolute Gasteiger partial charge is 0.433 e. The molecule has 6 nitrogen and oxygen atoms in total. The Hall–Kier alpha value is -2.86. The molecule has 1 fully saturated rings. The third-order valence-electron chi connectivity index (χ3n) is 5.56. The minimum atomic E-state index is -4.67. The predicted octanol–water partition coefficient (Wildman–Crippen LogP) is 5.37. The van der Waals surface area contributed by atoms with Crippen LogP contribution in [0.3, 0.4) is 0 Å². The summed E-state index contributed by atoms with van der Waals surface area (Å²) in [4.78, 5) is 15.7. The number of aromatic nitrogens is 4. The highest BCUT2D eigenvalue weighted by atomic mass is 32.2. The van der Waals surface area contributed by atoms with Crippen molar-refractivity contribution in [2.75, 3.05) is 11.9 Å². The van der Waals surface area contributed by atoms with Crippen molar-refractivity contribution in [3.8, 4) is 0 Å². The van der Waals surface area contributed by atoms with E-state index in [4.69, 9.17) is 12.2 Å². The fourth-order valence-corrected chi connectivity index (χ4v) is 4.81. The van der Waals surface area contributed by atoms with E-state index in [1.54, 1.807) is 18.2 Å².